The van der Waals surface area contributed by atoms with Crippen molar-refractivity contribution in [2.45, 2.75) is 19.1 Å². The van der Waals surface area contributed by atoms with Crippen molar-refractivity contribution in [2.75, 3.05) is 13.1 Å². The van der Waals surface area contributed by atoms with Gasteiger partial charge in [-0.15, -0.1) is 24.8 Å². The van der Waals surface area contributed by atoms with Crippen LogP contribution in [-0.4, -0.2) is 28.9 Å². The predicted octanol–water partition coefficient (Wildman–Crippen LogP) is 3.94. The number of amides is 1. The summed E-state index contributed by atoms with van der Waals surface area (Å²) < 4.78 is 37.7. The van der Waals surface area contributed by atoms with Gasteiger partial charge in [-0.05, 0) is 30.7 Å². The molecule has 0 atom stereocenters. The Morgan fingerprint density at radius 3 is 2.23 bits per heavy atom. The molecular weight excluding hydrogens is 390 g/mol. The third-order valence-corrected chi connectivity index (χ3v) is 3.44. The fourth-order valence-corrected chi connectivity index (χ4v) is 2.21. The third kappa shape index (κ3) is 6.82. The second kappa shape index (κ2) is 11.0. The molecule has 26 heavy (non-hydrogen) atoms. The first-order chi connectivity index (χ1) is 11.4. The molecule has 0 saturated carbocycles. The molecule has 2 N–H and O–H groups in total. The molecule has 2 aromatic rings. The van der Waals surface area contributed by atoms with Gasteiger partial charge in [-0.3, -0.25) is 9.78 Å². The van der Waals surface area contributed by atoms with E-state index in [1.54, 1.807) is 4.90 Å². The lowest BCUT2D eigenvalue weighted by Crippen LogP contribution is -2.32. The number of hydrogen-bond acceptors (Lipinski definition) is 3. The summed E-state index contributed by atoms with van der Waals surface area (Å²) in [5, 5.41) is 0. The zero-order chi connectivity index (χ0) is 17.6. The van der Waals surface area contributed by atoms with Crippen molar-refractivity contribution >= 4 is 30.7 Å². The summed E-state index contributed by atoms with van der Waals surface area (Å²) >= 11 is 0. The largest absolute Gasteiger partial charge is 0.433 e. The van der Waals surface area contributed by atoms with Crippen molar-refractivity contribution in [1.29, 1.82) is 0 Å². The van der Waals surface area contributed by atoms with Gasteiger partial charge in [0, 0.05) is 19.3 Å². The number of carbonyl (C=O) groups is 1. The Balaban J connectivity index is 0.00000312. The van der Waals surface area contributed by atoms with E-state index >= 15 is 0 Å². The van der Waals surface area contributed by atoms with Gasteiger partial charge in [0.05, 0.1) is 5.56 Å². The maximum atomic E-state index is 12.6. The normalized spacial score (nSPS) is 10.5. The van der Waals surface area contributed by atoms with E-state index in [0.29, 0.717) is 26.1 Å². The van der Waals surface area contributed by atoms with Gasteiger partial charge in [-0.25, -0.2) is 0 Å². The average molecular weight is 410 g/mol. The van der Waals surface area contributed by atoms with E-state index < -0.39 is 11.9 Å². The molecule has 0 radical (unpaired) electrons. The zero-order valence-electron chi connectivity index (χ0n) is 13.8. The van der Waals surface area contributed by atoms with Crippen molar-refractivity contribution in [1.82, 2.24) is 9.88 Å². The summed E-state index contributed by atoms with van der Waals surface area (Å²) in [4.78, 5) is 17.5. The van der Waals surface area contributed by atoms with Crippen LogP contribution in [0.1, 0.15) is 28.0 Å². The van der Waals surface area contributed by atoms with Gasteiger partial charge in [0.25, 0.3) is 5.91 Å². The number of pyridine rings is 1. The van der Waals surface area contributed by atoms with Crippen LogP contribution in [0.5, 0.6) is 0 Å². The van der Waals surface area contributed by atoms with Crippen molar-refractivity contribution in [3.63, 3.8) is 0 Å². The van der Waals surface area contributed by atoms with Gasteiger partial charge in [0.15, 0.2) is 0 Å². The summed E-state index contributed by atoms with van der Waals surface area (Å²) in [6.45, 7) is 1.20. The summed E-state index contributed by atoms with van der Waals surface area (Å²) in [7, 11) is 0. The zero-order valence-corrected chi connectivity index (χ0v) is 15.4. The van der Waals surface area contributed by atoms with Crippen molar-refractivity contribution < 1.29 is 18.0 Å². The van der Waals surface area contributed by atoms with Crippen LogP contribution < -0.4 is 5.73 Å². The number of benzene rings is 1. The lowest BCUT2D eigenvalue weighted by molar-refractivity contribution is -0.141. The van der Waals surface area contributed by atoms with Gasteiger partial charge < -0.3 is 10.6 Å². The molecule has 0 spiro atoms. The smallest absolute Gasteiger partial charge is 0.334 e. The van der Waals surface area contributed by atoms with Crippen molar-refractivity contribution in [3.8, 4) is 0 Å². The molecule has 4 nitrogen and oxygen atoms in total. The maximum absolute atomic E-state index is 12.6. The highest BCUT2D eigenvalue weighted by atomic mass is 35.5. The van der Waals surface area contributed by atoms with Crippen LogP contribution in [0.4, 0.5) is 13.2 Å². The van der Waals surface area contributed by atoms with Crippen LogP contribution in [0.2, 0.25) is 0 Å². The molecular formula is C17H20Cl2F3N3O. The number of nitrogens with two attached hydrogens (primary N) is 1. The number of alkyl halides is 3. The molecule has 0 fully saturated rings. The lowest BCUT2D eigenvalue weighted by atomic mass is 10.1. The number of halogens is 5. The van der Waals surface area contributed by atoms with E-state index in [-0.39, 0.29) is 36.3 Å². The lowest BCUT2D eigenvalue weighted by Gasteiger charge is -2.23. The molecule has 1 heterocycles. The van der Waals surface area contributed by atoms with Crippen LogP contribution in [0, 0.1) is 0 Å². The summed E-state index contributed by atoms with van der Waals surface area (Å²) in [6.07, 6.45) is -2.96. The van der Waals surface area contributed by atoms with Crippen LogP contribution in [-0.2, 0) is 12.7 Å². The summed E-state index contributed by atoms with van der Waals surface area (Å²) in [5.41, 5.74) is 5.54. The predicted molar refractivity (Wildman–Crippen MR) is 98.6 cm³/mol. The number of hydrogen-bond donors (Lipinski definition) is 1. The molecule has 0 unspecified atom stereocenters. The Bertz CT molecular complexity index is 667. The van der Waals surface area contributed by atoms with Crippen LogP contribution in [0.3, 0.4) is 0 Å². The van der Waals surface area contributed by atoms with E-state index in [0.717, 1.165) is 23.9 Å². The highest BCUT2D eigenvalue weighted by Crippen LogP contribution is 2.27. The number of carbonyl (C=O) groups excluding carboxylic acids is 1. The van der Waals surface area contributed by atoms with E-state index in [1.807, 2.05) is 30.3 Å². The van der Waals surface area contributed by atoms with Gasteiger partial charge in [-0.2, -0.15) is 13.2 Å². The SMILES string of the molecule is Cl.Cl.NCCCN(Cc1ccccc1)C(=O)c1ccc(C(F)(F)F)nc1. The molecule has 1 amide bonds. The molecule has 2 rings (SSSR count). The minimum atomic E-state index is -4.52. The first kappa shape index (κ1) is 24.2. The molecule has 0 bridgehead atoms. The number of aromatic nitrogens is 1. The maximum Gasteiger partial charge on any atom is 0.433 e. The second-order valence-electron chi connectivity index (χ2n) is 5.28. The van der Waals surface area contributed by atoms with E-state index in [4.69, 9.17) is 5.73 Å². The molecule has 0 aliphatic carbocycles. The number of rotatable bonds is 6. The first-order valence-electron chi connectivity index (χ1n) is 7.48. The van der Waals surface area contributed by atoms with E-state index in [9.17, 15) is 18.0 Å². The monoisotopic (exact) mass is 409 g/mol. The molecule has 1 aromatic heterocycles. The van der Waals surface area contributed by atoms with Crippen LogP contribution in [0.25, 0.3) is 0 Å². The fraction of sp³-hybridized carbons (Fsp3) is 0.294. The molecule has 9 heteroatoms. The van der Waals surface area contributed by atoms with Crippen LogP contribution in [0.15, 0.2) is 48.7 Å². The molecule has 1 aromatic carbocycles. The topological polar surface area (TPSA) is 59.2 Å². The van der Waals surface area contributed by atoms with Crippen molar-refractivity contribution in [3.05, 3.63) is 65.5 Å². The number of nitrogens with zero attached hydrogens (tertiary/aromatic N) is 2. The summed E-state index contributed by atoms with van der Waals surface area (Å²) in [6, 6.07) is 11.3. The Kier molecular flexibility index (Phi) is 10.2. The van der Waals surface area contributed by atoms with Gasteiger partial charge >= 0.3 is 6.18 Å². The minimum absolute atomic E-state index is 0. The Morgan fingerprint density at radius 1 is 1.08 bits per heavy atom. The first-order valence-corrected chi connectivity index (χ1v) is 7.48. The highest BCUT2D eigenvalue weighted by Gasteiger charge is 2.32. The summed E-state index contributed by atoms with van der Waals surface area (Å²) in [5.74, 6) is -0.367. The fourth-order valence-electron chi connectivity index (χ4n) is 2.21. The molecule has 0 saturated heterocycles. The Morgan fingerprint density at radius 2 is 1.73 bits per heavy atom. The molecule has 144 valence electrons. The van der Waals surface area contributed by atoms with E-state index in [1.165, 1.54) is 0 Å². The van der Waals surface area contributed by atoms with Gasteiger partial charge in [0.1, 0.15) is 5.69 Å². The van der Waals surface area contributed by atoms with Gasteiger partial charge in [0.2, 0.25) is 0 Å². The highest BCUT2D eigenvalue weighted by molar-refractivity contribution is 5.93. The average Bonchev–Trinajstić information content (AvgIpc) is 2.58. The molecule has 0 aliphatic rings. The Labute approximate surface area is 162 Å². The molecule has 0 aliphatic heterocycles. The van der Waals surface area contributed by atoms with Gasteiger partial charge in [-0.1, -0.05) is 30.3 Å². The quantitative estimate of drug-likeness (QED) is 0.785. The Hall–Kier alpha value is -1.83. The standard InChI is InChI=1S/C17H18F3N3O.2ClH/c18-17(19,20)15-8-7-14(11-22-15)16(24)23(10-4-9-21)12-13-5-2-1-3-6-13;;/h1-3,5-8,11H,4,9-10,12,21H2;2*1H. The second-order valence-corrected chi connectivity index (χ2v) is 5.28. The minimum Gasteiger partial charge on any atom is -0.334 e. The van der Waals surface area contributed by atoms with Crippen molar-refractivity contribution in [2.24, 2.45) is 5.73 Å². The van der Waals surface area contributed by atoms with E-state index in [2.05, 4.69) is 4.98 Å². The third-order valence-electron chi connectivity index (χ3n) is 3.44. The van der Waals surface area contributed by atoms with Crippen LogP contribution >= 0.6 is 24.8 Å².